The van der Waals surface area contributed by atoms with Crippen LogP contribution in [0.5, 0.6) is 5.88 Å². The quantitative estimate of drug-likeness (QED) is 0.326. The highest BCUT2D eigenvalue weighted by Gasteiger charge is 2.55. The van der Waals surface area contributed by atoms with E-state index in [0.29, 0.717) is 24.6 Å². The lowest BCUT2D eigenvalue weighted by atomic mass is 9.50. The van der Waals surface area contributed by atoms with Gasteiger partial charge in [-0.05, 0) is 60.8 Å². The summed E-state index contributed by atoms with van der Waals surface area (Å²) in [5.41, 5.74) is 4.88. The van der Waals surface area contributed by atoms with Crippen molar-refractivity contribution in [3.8, 4) is 17.0 Å². The molecule has 2 aromatic carbocycles. The number of carboxylic acid groups (broad SMARTS) is 1. The molecule has 2 aliphatic rings. The van der Waals surface area contributed by atoms with Crippen molar-refractivity contribution >= 4 is 22.8 Å². The van der Waals surface area contributed by atoms with Crippen LogP contribution in [0.15, 0.2) is 73.1 Å². The number of rotatable bonds is 8. The van der Waals surface area contributed by atoms with E-state index in [1.807, 2.05) is 37.4 Å². The molecule has 0 bridgehead atoms. The van der Waals surface area contributed by atoms with Crippen LogP contribution in [0.25, 0.3) is 22.0 Å². The van der Waals surface area contributed by atoms with Crippen molar-refractivity contribution in [2.45, 2.75) is 45.2 Å². The van der Waals surface area contributed by atoms with Crippen LogP contribution in [0.1, 0.15) is 48.5 Å². The fraction of sp³-hybridized carbons (Fsp3) is 0.323. The number of hydrogen-bond donors (Lipinski definition) is 2. The van der Waals surface area contributed by atoms with E-state index in [1.54, 1.807) is 6.20 Å². The Bertz CT molecular complexity index is 1480. The molecule has 2 aromatic heterocycles. The van der Waals surface area contributed by atoms with E-state index in [2.05, 4.69) is 51.3 Å². The Kier molecular flexibility index (Phi) is 6.14. The number of hydrogen-bond acceptors (Lipinski definition) is 4. The Morgan fingerprint density at radius 2 is 1.74 bits per heavy atom. The molecule has 7 nitrogen and oxygen atoms in total. The molecule has 0 atom stereocenters. The van der Waals surface area contributed by atoms with E-state index in [9.17, 15) is 14.7 Å². The maximum Gasteiger partial charge on any atom is 0.306 e. The lowest BCUT2D eigenvalue weighted by Crippen LogP contribution is -2.57. The predicted octanol–water partition coefficient (Wildman–Crippen LogP) is 5.52. The molecule has 2 N–H and O–H groups in total. The van der Waals surface area contributed by atoms with Crippen molar-refractivity contribution in [3.05, 3.63) is 84.2 Å². The molecule has 1 amide bonds. The van der Waals surface area contributed by atoms with Gasteiger partial charge in [0.25, 0.3) is 5.91 Å². The number of aliphatic carboxylic acids is 1. The van der Waals surface area contributed by atoms with Crippen LogP contribution in [0.4, 0.5) is 0 Å². The Balaban J connectivity index is 1.22. The van der Waals surface area contributed by atoms with Crippen LogP contribution in [-0.2, 0) is 11.3 Å². The van der Waals surface area contributed by atoms with Gasteiger partial charge < -0.3 is 19.7 Å². The molecule has 0 aliphatic heterocycles. The van der Waals surface area contributed by atoms with Crippen molar-refractivity contribution in [3.63, 3.8) is 0 Å². The van der Waals surface area contributed by atoms with Gasteiger partial charge in [0.2, 0.25) is 5.88 Å². The summed E-state index contributed by atoms with van der Waals surface area (Å²) >= 11 is 0. The number of carboxylic acids is 1. The third kappa shape index (κ3) is 4.42. The molecule has 2 fully saturated rings. The zero-order valence-corrected chi connectivity index (χ0v) is 21.4. The number of amides is 1. The zero-order chi connectivity index (χ0) is 26.3. The molecule has 4 aromatic rings. The molecular formula is C31H31N3O4. The number of benzene rings is 2. The number of nitrogens with one attached hydrogen (secondary N) is 1. The van der Waals surface area contributed by atoms with E-state index >= 15 is 0 Å². The van der Waals surface area contributed by atoms with Gasteiger partial charge in [0.1, 0.15) is 0 Å². The minimum Gasteiger partial charge on any atom is -0.481 e. The van der Waals surface area contributed by atoms with E-state index in [1.165, 1.54) is 5.56 Å². The van der Waals surface area contributed by atoms with Crippen molar-refractivity contribution in [1.82, 2.24) is 14.9 Å². The van der Waals surface area contributed by atoms with Gasteiger partial charge >= 0.3 is 5.97 Å². The number of carbonyl (C=O) groups excluding carboxylic acids is 1. The summed E-state index contributed by atoms with van der Waals surface area (Å²) in [5.74, 6) is -0.569. The highest BCUT2D eigenvalue weighted by Crippen LogP contribution is 2.58. The normalized spacial score (nSPS) is 22.0. The number of fused-ring (bicyclic) bond motifs is 1. The average Bonchev–Trinajstić information content (AvgIpc) is 3.29. The highest BCUT2D eigenvalue weighted by molar-refractivity contribution is 6.07. The Hall–Kier alpha value is -4.13. The molecule has 0 saturated heterocycles. The highest BCUT2D eigenvalue weighted by atomic mass is 16.5. The maximum atomic E-state index is 13.4. The summed E-state index contributed by atoms with van der Waals surface area (Å²) in [6.45, 7) is 3.01. The van der Waals surface area contributed by atoms with Crippen LogP contribution in [0.2, 0.25) is 0 Å². The molecule has 194 valence electrons. The minimum atomic E-state index is -0.707. The minimum absolute atomic E-state index is 0.0628. The van der Waals surface area contributed by atoms with Crippen LogP contribution in [0.3, 0.4) is 0 Å². The van der Waals surface area contributed by atoms with Gasteiger partial charge in [-0.2, -0.15) is 0 Å². The molecule has 0 unspecified atom stereocenters. The maximum absolute atomic E-state index is 13.4. The van der Waals surface area contributed by atoms with Crippen molar-refractivity contribution < 1.29 is 19.4 Å². The Labute approximate surface area is 221 Å². The molecule has 2 saturated carbocycles. The number of pyridine rings is 1. The van der Waals surface area contributed by atoms with Crippen LogP contribution < -0.4 is 10.1 Å². The molecule has 0 radical (unpaired) electrons. The van der Waals surface area contributed by atoms with Crippen molar-refractivity contribution in [2.75, 3.05) is 6.61 Å². The standard InChI is InChI=1S/C31H31N3O4/c1-2-38-29-25-12-13-34(19-20-8-10-22(11-9-20)21-6-4-3-5-7-21)27(25)26(18-32-29)28(35)33-24-16-31(17-24)14-23(15-31)30(36)37/h3-13,18,23-24H,2,14-17,19H2,1H3,(H,33,35)(H,36,37). The van der Waals surface area contributed by atoms with Gasteiger partial charge in [0.15, 0.2) is 0 Å². The van der Waals surface area contributed by atoms with E-state index in [0.717, 1.165) is 47.7 Å². The van der Waals surface area contributed by atoms with Gasteiger partial charge in [-0.3, -0.25) is 9.59 Å². The summed E-state index contributed by atoms with van der Waals surface area (Å²) in [6.07, 6.45) is 6.70. The SMILES string of the molecule is CCOc1ncc(C(=O)NC2CC3(C2)CC(C(=O)O)C3)c2c1ccn2Cc1ccc(-c2ccccc2)cc1. The first-order valence-electron chi connectivity index (χ1n) is 13.2. The third-order valence-corrected chi connectivity index (χ3v) is 8.10. The fourth-order valence-corrected chi connectivity index (χ4v) is 6.22. The Morgan fingerprint density at radius 3 is 2.42 bits per heavy atom. The van der Waals surface area contributed by atoms with Crippen molar-refractivity contribution in [2.24, 2.45) is 11.3 Å². The first-order valence-corrected chi connectivity index (χ1v) is 13.2. The summed E-state index contributed by atoms with van der Waals surface area (Å²) in [5, 5.41) is 13.2. The number of ether oxygens (including phenoxy) is 1. The number of aromatic nitrogens is 2. The summed E-state index contributed by atoms with van der Waals surface area (Å²) < 4.78 is 7.85. The van der Waals surface area contributed by atoms with Gasteiger partial charge in [-0.25, -0.2) is 4.98 Å². The summed E-state index contributed by atoms with van der Waals surface area (Å²) in [6, 6.07) is 20.8. The summed E-state index contributed by atoms with van der Waals surface area (Å²) in [7, 11) is 0. The lowest BCUT2D eigenvalue weighted by molar-refractivity contribution is -0.155. The topological polar surface area (TPSA) is 93.4 Å². The lowest BCUT2D eigenvalue weighted by Gasteiger charge is -2.56. The predicted molar refractivity (Wildman–Crippen MR) is 145 cm³/mol. The average molecular weight is 510 g/mol. The molecule has 2 heterocycles. The largest absolute Gasteiger partial charge is 0.481 e. The molecular weight excluding hydrogens is 478 g/mol. The monoisotopic (exact) mass is 509 g/mol. The second kappa shape index (κ2) is 9.63. The second-order valence-electron chi connectivity index (χ2n) is 10.7. The van der Waals surface area contributed by atoms with E-state index < -0.39 is 5.97 Å². The zero-order valence-electron chi connectivity index (χ0n) is 21.4. The van der Waals surface area contributed by atoms with Gasteiger partial charge in [-0.15, -0.1) is 0 Å². The van der Waals surface area contributed by atoms with E-state index in [-0.39, 0.29) is 23.3 Å². The van der Waals surface area contributed by atoms with Gasteiger partial charge in [0.05, 0.1) is 29.0 Å². The summed E-state index contributed by atoms with van der Waals surface area (Å²) in [4.78, 5) is 29.1. The number of carbonyl (C=O) groups is 2. The second-order valence-corrected chi connectivity index (χ2v) is 10.7. The molecule has 6 rings (SSSR count). The molecule has 38 heavy (non-hydrogen) atoms. The third-order valence-electron chi connectivity index (χ3n) is 8.10. The Morgan fingerprint density at radius 1 is 1.03 bits per heavy atom. The molecule has 2 aliphatic carbocycles. The fourth-order valence-electron chi connectivity index (χ4n) is 6.22. The van der Waals surface area contributed by atoms with Crippen LogP contribution in [-0.4, -0.2) is 39.2 Å². The first kappa shape index (κ1) is 24.2. The van der Waals surface area contributed by atoms with Crippen LogP contribution >= 0.6 is 0 Å². The van der Waals surface area contributed by atoms with Crippen LogP contribution in [0, 0.1) is 11.3 Å². The van der Waals surface area contributed by atoms with Gasteiger partial charge in [-0.1, -0.05) is 54.6 Å². The van der Waals surface area contributed by atoms with Gasteiger partial charge in [0, 0.05) is 25.0 Å². The first-order chi connectivity index (χ1) is 18.4. The molecule has 7 heteroatoms. The van der Waals surface area contributed by atoms with Crippen molar-refractivity contribution in [1.29, 1.82) is 0 Å². The van der Waals surface area contributed by atoms with E-state index in [4.69, 9.17) is 4.74 Å². The smallest absolute Gasteiger partial charge is 0.306 e. The number of nitrogens with zero attached hydrogens (tertiary/aromatic N) is 2. The molecule has 1 spiro atoms.